The number of nitrogens with two attached hydrogens (primary N) is 1. The van der Waals surface area contributed by atoms with Gasteiger partial charge in [0.15, 0.2) is 0 Å². The van der Waals surface area contributed by atoms with Gasteiger partial charge in [-0.25, -0.2) is 10.8 Å². The number of likely N-dealkylation sites (tertiary alicyclic amines) is 1. The normalized spacial score (nSPS) is 23.3. The second-order valence-electron chi connectivity index (χ2n) is 4.96. The molecule has 0 bridgehead atoms. The van der Waals surface area contributed by atoms with Crippen molar-refractivity contribution >= 4 is 11.8 Å². The summed E-state index contributed by atoms with van der Waals surface area (Å²) >= 11 is 0. The van der Waals surface area contributed by atoms with Crippen LogP contribution in [0.1, 0.15) is 12.6 Å². The Kier molecular flexibility index (Phi) is 4.34. The van der Waals surface area contributed by atoms with Gasteiger partial charge in [0.1, 0.15) is 5.82 Å². The third kappa shape index (κ3) is 3.21. The summed E-state index contributed by atoms with van der Waals surface area (Å²) in [6.45, 7) is 4.39. The molecular formula is C13H20N4O2. The highest BCUT2D eigenvalue weighted by molar-refractivity contribution is 5.73. The van der Waals surface area contributed by atoms with E-state index in [0.29, 0.717) is 18.3 Å². The smallest absolute Gasteiger partial charge is 0.310 e. The molecule has 0 aliphatic carbocycles. The first kappa shape index (κ1) is 13.8. The van der Waals surface area contributed by atoms with Gasteiger partial charge in [0, 0.05) is 19.6 Å². The summed E-state index contributed by atoms with van der Waals surface area (Å²) in [5, 5.41) is 0. The van der Waals surface area contributed by atoms with Crippen LogP contribution in [0.15, 0.2) is 18.2 Å². The molecule has 2 rings (SSSR count). The molecule has 1 aromatic heterocycles. The van der Waals surface area contributed by atoms with Crippen molar-refractivity contribution in [3.63, 3.8) is 0 Å². The van der Waals surface area contributed by atoms with E-state index in [1.807, 2.05) is 18.2 Å². The zero-order valence-corrected chi connectivity index (χ0v) is 11.3. The van der Waals surface area contributed by atoms with Crippen molar-refractivity contribution in [2.45, 2.75) is 13.5 Å². The van der Waals surface area contributed by atoms with E-state index < -0.39 is 0 Å². The molecule has 2 atom stereocenters. The minimum atomic E-state index is -0.125. The number of nitrogens with one attached hydrogen (secondary N) is 1. The number of pyridine rings is 1. The van der Waals surface area contributed by atoms with Crippen LogP contribution in [0, 0.1) is 11.8 Å². The molecule has 2 unspecified atom stereocenters. The summed E-state index contributed by atoms with van der Waals surface area (Å²) in [5.74, 6) is 6.13. The van der Waals surface area contributed by atoms with Gasteiger partial charge in [0.2, 0.25) is 0 Å². The maximum Gasteiger partial charge on any atom is 0.310 e. The van der Waals surface area contributed by atoms with Crippen LogP contribution < -0.4 is 11.3 Å². The van der Waals surface area contributed by atoms with Gasteiger partial charge in [-0.3, -0.25) is 9.69 Å². The Morgan fingerprint density at radius 2 is 2.37 bits per heavy atom. The lowest BCUT2D eigenvalue weighted by Crippen LogP contribution is -2.24. The number of nitrogens with zero attached hydrogens (tertiary/aromatic N) is 2. The number of ether oxygens (including phenoxy) is 1. The SMILES string of the molecule is COC(=O)C1CN(Cc2cccc(NN)n2)CC1C. The summed E-state index contributed by atoms with van der Waals surface area (Å²) in [4.78, 5) is 18.2. The lowest BCUT2D eigenvalue weighted by Gasteiger charge is -2.15. The molecule has 3 N–H and O–H groups in total. The van der Waals surface area contributed by atoms with Gasteiger partial charge in [-0.1, -0.05) is 13.0 Å². The van der Waals surface area contributed by atoms with Crippen molar-refractivity contribution in [1.29, 1.82) is 0 Å². The van der Waals surface area contributed by atoms with Crippen LogP contribution in [0.2, 0.25) is 0 Å². The molecule has 6 nitrogen and oxygen atoms in total. The van der Waals surface area contributed by atoms with Gasteiger partial charge in [-0.15, -0.1) is 0 Å². The average molecular weight is 264 g/mol. The fraction of sp³-hybridized carbons (Fsp3) is 0.538. The van der Waals surface area contributed by atoms with E-state index in [1.54, 1.807) is 0 Å². The van der Waals surface area contributed by atoms with E-state index in [4.69, 9.17) is 10.6 Å². The second-order valence-corrected chi connectivity index (χ2v) is 4.96. The fourth-order valence-corrected chi connectivity index (χ4v) is 2.53. The summed E-state index contributed by atoms with van der Waals surface area (Å²) in [6, 6.07) is 5.68. The van der Waals surface area contributed by atoms with E-state index >= 15 is 0 Å². The van der Waals surface area contributed by atoms with Crippen molar-refractivity contribution < 1.29 is 9.53 Å². The highest BCUT2D eigenvalue weighted by atomic mass is 16.5. The molecule has 0 spiro atoms. The van der Waals surface area contributed by atoms with E-state index in [1.165, 1.54) is 7.11 Å². The molecule has 0 radical (unpaired) electrons. The molecular weight excluding hydrogens is 244 g/mol. The Morgan fingerprint density at radius 3 is 3.05 bits per heavy atom. The summed E-state index contributed by atoms with van der Waals surface area (Å²) < 4.78 is 4.83. The fourth-order valence-electron chi connectivity index (χ4n) is 2.53. The molecule has 1 saturated heterocycles. The second kappa shape index (κ2) is 5.99. The first-order valence-corrected chi connectivity index (χ1v) is 6.36. The van der Waals surface area contributed by atoms with Crippen molar-refractivity contribution in [2.24, 2.45) is 17.7 Å². The predicted octanol–water partition coefficient (Wildman–Crippen LogP) is 0.608. The summed E-state index contributed by atoms with van der Waals surface area (Å²) in [6.07, 6.45) is 0. The Hall–Kier alpha value is -1.66. The van der Waals surface area contributed by atoms with Crippen LogP contribution in [0.25, 0.3) is 0 Å². The number of nitrogen functional groups attached to an aromatic ring is 1. The van der Waals surface area contributed by atoms with Gasteiger partial charge in [-0.05, 0) is 18.1 Å². The van der Waals surface area contributed by atoms with E-state index in [2.05, 4.69) is 22.2 Å². The minimum absolute atomic E-state index is 0.0409. The Labute approximate surface area is 112 Å². The Morgan fingerprint density at radius 1 is 1.58 bits per heavy atom. The highest BCUT2D eigenvalue weighted by Gasteiger charge is 2.35. The van der Waals surface area contributed by atoms with Gasteiger partial charge < -0.3 is 10.2 Å². The molecule has 1 aliphatic rings. The van der Waals surface area contributed by atoms with Crippen LogP contribution in [-0.2, 0) is 16.1 Å². The van der Waals surface area contributed by atoms with E-state index in [-0.39, 0.29) is 11.9 Å². The number of hydrazine groups is 1. The first-order valence-electron chi connectivity index (χ1n) is 6.36. The predicted molar refractivity (Wildman–Crippen MR) is 72.0 cm³/mol. The number of anilines is 1. The molecule has 19 heavy (non-hydrogen) atoms. The van der Waals surface area contributed by atoms with Gasteiger partial charge >= 0.3 is 5.97 Å². The third-order valence-electron chi connectivity index (χ3n) is 3.53. The Bertz CT molecular complexity index is 452. The molecule has 2 heterocycles. The maximum absolute atomic E-state index is 11.6. The zero-order chi connectivity index (χ0) is 13.8. The van der Waals surface area contributed by atoms with Gasteiger partial charge in [0.25, 0.3) is 0 Å². The van der Waals surface area contributed by atoms with Crippen molar-refractivity contribution in [2.75, 3.05) is 25.6 Å². The Balaban J connectivity index is 1.99. The topological polar surface area (TPSA) is 80.5 Å². The number of hydrogen-bond donors (Lipinski definition) is 2. The molecule has 1 aromatic rings. The van der Waals surface area contributed by atoms with Crippen molar-refractivity contribution in [3.05, 3.63) is 23.9 Å². The lowest BCUT2D eigenvalue weighted by molar-refractivity contribution is -0.146. The van der Waals surface area contributed by atoms with E-state index in [0.717, 1.165) is 18.8 Å². The largest absolute Gasteiger partial charge is 0.469 e. The molecule has 104 valence electrons. The molecule has 1 aliphatic heterocycles. The third-order valence-corrected chi connectivity index (χ3v) is 3.53. The van der Waals surface area contributed by atoms with Gasteiger partial charge in [0.05, 0.1) is 18.7 Å². The number of carbonyl (C=O) groups is 1. The molecule has 0 aromatic carbocycles. The standard InChI is InChI=1S/C13H20N4O2/c1-9-6-17(8-11(9)13(18)19-2)7-10-4-3-5-12(15-10)16-14/h3-5,9,11H,6-8,14H2,1-2H3,(H,15,16). The number of esters is 1. The number of carbonyl (C=O) groups excluding carboxylic acids is 1. The zero-order valence-electron chi connectivity index (χ0n) is 11.3. The van der Waals surface area contributed by atoms with Crippen LogP contribution in [-0.4, -0.2) is 36.1 Å². The summed E-state index contributed by atoms with van der Waals surface area (Å²) in [7, 11) is 1.44. The van der Waals surface area contributed by atoms with E-state index in [9.17, 15) is 4.79 Å². The van der Waals surface area contributed by atoms with Crippen molar-refractivity contribution in [1.82, 2.24) is 9.88 Å². The van der Waals surface area contributed by atoms with Crippen LogP contribution in [0.5, 0.6) is 0 Å². The number of rotatable bonds is 4. The number of methoxy groups -OCH3 is 1. The van der Waals surface area contributed by atoms with Crippen LogP contribution in [0.4, 0.5) is 5.82 Å². The number of aromatic nitrogens is 1. The summed E-state index contributed by atoms with van der Waals surface area (Å²) in [5.41, 5.74) is 3.47. The minimum Gasteiger partial charge on any atom is -0.469 e. The highest BCUT2D eigenvalue weighted by Crippen LogP contribution is 2.25. The monoisotopic (exact) mass is 264 g/mol. The quantitative estimate of drug-likeness (QED) is 0.471. The van der Waals surface area contributed by atoms with Gasteiger partial charge in [-0.2, -0.15) is 0 Å². The molecule has 0 saturated carbocycles. The molecule has 0 amide bonds. The lowest BCUT2D eigenvalue weighted by atomic mass is 9.99. The average Bonchev–Trinajstić information content (AvgIpc) is 2.79. The van der Waals surface area contributed by atoms with Crippen molar-refractivity contribution in [3.8, 4) is 0 Å². The number of hydrogen-bond acceptors (Lipinski definition) is 6. The molecule has 1 fully saturated rings. The van der Waals surface area contributed by atoms with Crippen LogP contribution >= 0.6 is 0 Å². The van der Waals surface area contributed by atoms with Crippen LogP contribution in [0.3, 0.4) is 0 Å². The molecule has 6 heteroatoms. The first-order chi connectivity index (χ1) is 9.13. The maximum atomic E-state index is 11.6.